The molecule has 1 aliphatic heterocycles. The largest absolute Gasteiger partial charge is 0.379 e. The summed E-state index contributed by atoms with van der Waals surface area (Å²) in [6.07, 6.45) is 6.39. The molecule has 2 heterocycles. The van der Waals surface area contributed by atoms with E-state index < -0.39 is 0 Å². The van der Waals surface area contributed by atoms with Crippen molar-refractivity contribution in [1.29, 1.82) is 0 Å². The molecule has 0 spiro atoms. The van der Waals surface area contributed by atoms with Crippen molar-refractivity contribution in [2.45, 2.75) is 44.6 Å². The summed E-state index contributed by atoms with van der Waals surface area (Å²) in [7, 11) is 0. The second kappa shape index (κ2) is 9.88. The van der Waals surface area contributed by atoms with Gasteiger partial charge in [0.2, 0.25) is 5.91 Å². The first-order chi connectivity index (χ1) is 14.3. The topological polar surface area (TPSA) is 41.6 Å². The minimum absolute atomic E-state index is 0.236. The van der Waals surface area contributed by atoms with Crippen LogP contribution in [0.5, 0.6) is 0 Å². The highest BCUT2D eigenvalue weighted by Gasteiger charge is 2.39. The third kappa shape index (κ3) is 5.08. The van der Waals surface area contributed by atoms with E-state index in [0.29, 0.717) is 6.54 Å². The van der Waals surface area contributed by atoms with E-state index in [-0.39, 0.29) is 17.4 Å². The lowest BCUT2D eigenvalue weighted by Crippen LogP contribution is -2.48. The molecular weight excluding hydrogens is 380 g/mol. The summed E-state index contributed by atoms with van der Waals surface area (Å²) in [4.78, 5) is 17.3. The fourth-order valence-corrected chi connectivity index (χ4v) is 5.72. The van der Waals surface area contributed by atoms with E-state index in [9.17, 15) is 4.79 Å². The van der Waals surface area contributed by atoms with Crippen molar-refractivity contribution >= 4 is 17.2 Å². The molecule has 4 nitrogen and oxygen atoms in total. The van der Waals surface area contributed by atoms with Crippen molar-refractivity contribution in [2.75, 3.05) is 32.8 Å². The van der Waals surface area contributed by atoms with Crippen LogP contribution in [0.2, 0.25) is 0 Å². The first-order valence-corrected chi connectivity index (χ1v) is 11.8. The molecule has 2 fully saturated rings. The number of carbonyl (C=O) groups excluding carboxylic acids is 1. The van der Waals surface area contributed by atoms with Crippen molar-refractivity contribution in [3.63, 3.8) is 0 Å². The minimum Gasteiger partial charge on any atom is -0.379 e. The SMILES string of the molecule is O=C(NC[C@H](c1cccs1)N1CCOCC1)C1(Cc2ccccc2)CCCCC1. The number of thiophene rings is 1. The van der Waals surface area contributed by atoms with Crippen molar-refractivity contribution in [2.24, 2.45) is 5.41 Å². The Morgan fingerprint density at radius 3 is 2.52 bits per heavy atom. The molecule has 2 aliphatic rings. The standard InChI is InChI=1S/C24H32N2O2S/c27-23(24(11-5-2-6-12-24)18-20-8-3-1-4-9-20)25-19-21(22-10-7-17-29-22)26-13-15-28-16-14-26/h1,3-4,7-10,17,21H,2,5-6,11-16,18-19H2,(H,25,27)/t21-/m1/s1. The Hall–Kier alpha value is -1.69. The Labute approximate surface area is 178 Å². The number of nitrogens with zero attached hydrogens (tertiary/aromatic N) is 1. The number of benzene rings is 1. The molecule has 1 atom stereocenters. The van der Waals surface area contributed by atoms with Gasteiger partial charge in [0, 0.05) is 24.5 Å². The van der Waals surface area contributed by atoms with Gasteiger partial charge in [-0.2, -0.15) is 0 Å². The lowest BCUT2D eigenvalue weighted by Gasteiger charge is -2.38. The molecule has 1 N–H and O–H groups in total. The van der Waals surface area contributed by atoms with E-state index in [1.807, 2.05) is 6.07 Å². The molecule has 5 heteroatoms. The lowest BCUT2D eigenvalue weighted by molar-refractivity contribution is -0.133. The van der Waals surface area contributed by atoms with E-state index in [0.717, 1.165) is 58.4 Å². The van der Waals surface area contributed by atoms with Crippen LogP contribution in [-0.2, 0) is 16.0 Å². The Kier molecular flexibility index (Phi) is 7.01. The molecule has 1 aromatic heterocycles. The summed E-state index contributed by atoms with van der Waals surface area (Å²) < 4.78 is 5.54. The van der Waals surface area contributed by atoms with Crippen molar-refractivity contribution < 1.29 is 9.53 Å². The van der Waals surface area contributed by atoms with E-state index in [1.165, 1.54) is 16.9 Å². The maximum atomic E-state index is 13.5. The Morgan fingerprint density at radius 2 is 1.83 bits per heavy atom. The van der Waals surface area contributed by atoms with Gasteiger partial charge in [-0.1, -0.05) is 55.7 Å². The lowest BCUT2D eigenvalue weighted by atomic mass is 9.69. The highest BCUT2D eigenvalue weighted by atomic mass is 32.1. The van der Waals surface area contributed by atoms with Crippen LogP contribution in [0.4, 0.5) is 0 Å². The summed E-state index contributed by atoms with van der Waals surface area (Å²) >= 11 is 1.78. The molecule has 1 saturated heterocycles. The summed E-state index contributed by atoms with van der Waals surface area (Å²) in [6, 6.07) is 15.1. The first kappa shape index (κ1) is 20.6. The van der Waals surface area contributed by atoms with Crippen molar-refractivity contribution in [3.05, 3.63) is 58.3 Å². The van der Waals surface area contributed by atoms with Gasteiger partial charge in [-0.05, 0) is 36.3 Å². The van der Waals surface area contributed by atoms with Gasteiger partial charge in [0.05, 0.1) is 24.7 Å². The van der Waals surface area contributed by atoms with Crippen LogP contribution < -0.4 is 5.32 Å². The molecule has 0 radical (unpaired) electrons. The molecule has 29 heavy (non-hydrogen) atoms. The molecule has 0 unspecified atom stereocenters. The predicted octanol–water partition coefficient (Wildman–Crippen LogP) is 4.43. The maximum Gasteiger partial charge on any atom is 0.226 e. The predicted molar refractivity (Wildman–Crippen MR) is 118 cm³/mol. The zero-order chi connectivity index (χ0) is 19.9. The molecule has 156 valence electrons. The van der Waals surface area contributed by atoms with E-state index in [2.05, 4.69) is 52.0 Å². The number of morpholine rings is 1. The molecule has 1 aliphatic carbocycles. The third-order valence-electron chi connectivity index (χ3n) is 6.49. The first-order valence-electron chi connectivity index (χ1n) is 10.9. The van der Waals surface area contributed by atoms with Gasteiger partial charge in [0.15, 0.2) is 0 Å². The Bertz CT molecular complexity index is 750. The normalized spacial score (nSPS) is 20.8. The van der Waals surface area contributed by atoms with Crippen LogP contribution in [0.15, 0.2) is 47.8 Å². The summed E-state index contributed by atoms with van der Waals surface area (Å²) in [5.41, 5.74) is 1.01. The Morgan fingerprint density at radius 1 is 1.07 bits per heavy atom. The number of nitrogens with one attached hydrogen (secondary N) is 1. The average Bonchev–Trinajstić information content (AvgIpc) is 3.30. The van der Waals surface area contributed by atoms with Crippen molar-refractivity contribution in [3.8, 4) is 0 Å². The minimum atomic E-state index is -0.259. The van der Waals surface area contributed by atoms with Crippen LogP contribution in [-0.4, -0.2) is 43.7 Å². The summed E-state index contributed by atoms with van der Waals surface area (Å²) in [5.74, 6) is 0.246. The van der Waals surface area contributed by atoms with Gasteiger partial charge in [0.1, 0.15) is 0 Å². The van der Waals surface area contributed by atoms with Crippen LogP contribution in [0.25, 0.3) is 0 Å². The third-order valence-corrected chi connectivity index (χ3v) is 7.47. The molecule has 4 rings (SSSR count). The monoisotopic (exact) mass is 412 g/mol. The number of carbonyl (C=O) groups is 1. The zero-order valence-corrected chi connectivity index (χ0v) is 18.0. The number of amides is 1. The summed E-state index contributed by atoms with van der Waals surface area (Å²) in [6.45, 7) is 4.07. The average molecular weight is 413 g/mol. The zero-order valence-electron chi connectivity index (χ0n) is 17.1. The highest BCUT2D eigenvalue weighted by Crippen LogP contribution is 2.40. The number of hydrogen-bond acceptors (Lipinski definition) is 4. The fraction of sp³-hybridized carbons (Fsp3) is 0.542. The van der Waals surface area contributed by atoms with Crippen LogP contribution in [0, 0.1) is 5.41 Å². The molecule has 1 aromatic carbocycles. The van der Waals surface area contributed by atoms with Gasteiger partial charge in [-0.25, -0.2) is 0 Å². The smallest absolute Gasteiger partial charge is 0.226 e. The molecule has 2 aromatic rings. The van der Waals surface area contributed by atoms with Gasteiger partial charge in [-0.3, -0.25) is 9.69 Å². The fourth-order valence-electron chi connectivity index (χ4n) is 4.86. The highest BCUT2D eigenvalue weighted by molar-refractivity contribution is 7.10. The second-order valence-electron chi connectivity index (χ2n) is 8.39. The van der Waals surface area contributed by atoms with Gasteiger partial charge in [0.25, 0.3) is 0 Å². The van der Waals surface area contributed by atoms with Crippen LogP contribution in [0.1, 0.15) is 48.6 Å². The van der Waals surface area contributed by atoms with E-state index in [1.54, 1.807) is 11.3 Å². The van der Waals surface area contributed by atoms with Gasteiger partial charge >= 0.3 is 0 Å². The van der Waals surface area contributed by atoms with Crippen LogP contribution in [0.3, 0.4) is 0 Å². The Balaban J connectivity index is 1.47. The number of ether oxygens (including phenoxy) is 1. The van der Waals surface area contributed by atoms with Gasteiger partial charge < -0.3 is 10.1 Å². The van der Waals surface area contributed by atoms with E-state index >= 15 is 0 Å². The quantitative estimate of drug-likeness (QED) is 0.731. The maximum absolute atomic E-state index is 13.5. The number of rotatable bonds is 7. The molecular formula is C24H32N2O2S. The van der Waals surface area contributed by atoms with Crippen molar-refractivity contribution in [1.82, 2.24) is 10.2 Å². The molecule has 1 saturated carbocycles. The molecule has 1 amide bonds. The number of hydrogen-bond donors (Lipinski definition) is 1. The van der Waals surface area contributed by atoms with Gasteiger partial charge in [-0.15, -0.1) is 11.3 Å². The van der Waals surface area contributed by atoms with E-state index in [4.69, 9.17) is 4.74 Å². The summed E-state index contributed by atoms with van der Waals surface area (Å²) in [5, 5.41) is 5.51. The molecule has 0 bridgehead atoms. The second-order valence-corrected chi connectivity index (χ2v) is 9.37. The van der Waals surface area contributed by atoms with Crippen LogP contribution >= 0.6 is 11.3 Å².